The summed E-state index contributed by atoms with van der Waals surface area (Å²) in [5.41, 5.74) is 2.03. The smallest absolute Gasteiger partial charge is 0.155 e. The lowest BCUT2D eigenvalue weighted by atomic mass is 10.2. The molecule has 0 radical (unpaired) electrons. The monoisotopic (exact) mass is 171 g/mol. The second-order valence-corrected chi connectivity index (χ2v) is 2.70. The van der Waals surface area contributed by atoms with Gasteiger partial charge in [0, 0.05) is 7.05 Å². The fourth-order valence-corrected chi connectivity index (χ4v) is 0.993. The predicted octanol–water partition coefficient (Wildman–Crippen LogP) is 1.79. The number of halogens is 1. The molecule has 11 heavy (non-hydrogen) atoms. The highest BCUT2D eigenvalue weighted by atomic mass is 35.5. The number of hydrogen-bond donors (Lipinski definition) is 1. The molecular weight excluding hydrogens is 162 g/mol. The van der Waals surface area contributed by atoms with E-state index in [2.05, 4.69) is 15.5 Å². The molecule has 0 spiro atoms. The Hall–Kier alpha value is -0.830. The minimum absolute atomic E-state index is 0.474. The van der Waals surface area contributed by atoms with Gasteiger partial charge in [0.05, 0.1) is 0 Å². The second-order valence-electron chi connectivity index (χ2n) is 2.34. The summed E-state index contributed by atoms with van der Waals surface area (Å²) in [4.78, 5) is 0. The molecule has 0 aliphatic rings. The van der Waals surface area contributed by atoms with Crippen LogP contribution in [0.3, 0.4) is 0 Å². The summed E-state index contributed by atoms with van der Waals surface area (Å²) < 4.78 is 0. The van der Waals surface area contributed by atoms with Crippen LogP contribution < -0.4 is 5.32 Å². The zero-order valence-electron chi connectivity index (χ0n) is 6.77. The quantitative estimate of drug-likeness (QED) is 0.700. The molecule has 0 saturated heterocycles. The number of anilines is 1. The van der Waals surface area contributed by atoms with Crippen molar-refractivity contribution in [2.45, 2.75) is 13.8 Å². The Bertz CT molecular complexity index is 273. The molecule has 0 fully saturated rings. The highest BCUT2D eigenvalue weighted by Crippen LogP contribution is 2.19. The van der Waals surface area contributed by atoms with Crippen molar-refractivity contribution in [1.29, 1.82) is 0 Å². The van der Waals surface area contributed by atoms with Gasteiger partial charge in [-0.3, -0.25) is 0 Å². The van der Waals surface area contributed by atoms with E-state index in [1.807, 2.05) is 20.9 Å². The Kier molecular flexibility index (Phi) is 2.29. The van der Waals surface area contributed by atoms with Gasteiger partial charge in [-0.05, 0) is 25.0 Å². The molecule has 1 aromatic heterocycles. The van der Waals surface area contributed by atoms with Crippen molar-refractivity contribution in [3.05, 3.63) is 16.3 Å². The van der Waals surface area contributed by atoms with Gasteiger partial charge in [-0.1, -0.05) is 11.6 Å². The minimum atomic E-state index is 0.474. The summed E-state index contributed by atoms with van der Waals surface area (Å²) in [6, 6.07) is 0. The number of aromatic nitrogens is 2. The molecule has 3 nitrogen and oxygen atoms in total. The van der Waals surface area contributed by atoms with E-state index in [-0.39, 0.29) is 0 Å². The number of nitrogens with one attached hydrogen (secondary N) is 1. The van der Waals surface area contributed by atoms with E-state index in [4.69, 9.17) is 11.6 Å². The van der Waals surface area contributed by atoms with Gasteiger partial charge in [0.15, 0.2) is 11.0 Å². The van der Waals surface area contributed by atoms with Gasteiger partial charge in [0.25, 0.3) is 0 Å². The topological polar surface area (TPSA) is 37.8 Å². The van der Waals surface area contributed by atoms with Crippen LogP contribution in [-0.2, 0) is 0 Å². The highest BCUT2D eigenvalue weighted by Gasteiger charge is 2.05. The van der Waals surface area contributed by atoms with Crippen molar-refractivity contribution >= 4 is 17.4 Å². The third-order valence-electron chi connectivity index (χ3n) is 1.70. The summed E-state index contributed by atoms with van der Waals surface area (Å²) in [5, 5.41) is 11.0. The molecule has 0 unspecified atom stereocenters. The van der Waals surface area contributed by atoms with Gasteiger partial charge in [-0.15, -0.1) is 10.2 Å². The second kappa shape index (κ2) is 3.05. The lowest BCUT2D eigenvalue weighted by molar-refractivity contribution is 0.997. The molecule has 60 valence electrons. The SMILES string of the molecule is CNc1nnc(Cl)c(C)c1C. The van der Waals surface area contributed by atoms with Gasteiger partial charge >= 0.3 is 0 Å². The molecule has 0 atom stereocenters. The molecule has 0 bridgehead atoms. The Labute approximate surface area is 70.8 Å². The molecule has 4 heteroatoms. The molecule has 0 aliphatic carbocycles. The Morgan fingerprint density at radius 1 is 1.18 bits per heavy atom. The fourth-order valence-electron chi connectivity index (χ4n) is 0.814. The zero-order valence-corrected chi connectivity index (χ0v) is 7.53. The average molecular weight is 172 g/mol. The van der Waals surface area contributed by atoms with Crippen LogP contribution in [0.1, 0.15) is 11.1 Å². The predicted molar refractivity (Wildman–Crippen MR) is 46.1 cm³/mol. The van der Waals surface area contributed by atoms with E-state index in [1.54, 1.807) is 0 Å². The standard InChI is InChI=1S/C7H10ClN3/c1-4-5(2)7(9-3)11-10-6(4)8/h1-3H3,(H,9,11). The van der Waals surface area contributed by atoms with Gasteiger partial charge in [0.1, 0.15) is 0 Å². The van der Waals surface area contributed by atoms with Gasteiger partial charge in [0.2, 0.25) is 0 Å². The number of nitrogens with zero attached hydrogens (tertiary/aromatic N) is 2. The van der Waals surface area contributed by atoms with Crippen molar-refractivity contribution in [1.82, 2.24) is 10.2 Å². The Balaban J connectivity index is 3.25. The van der Waals surface area contributed by atoms with E-state index in [0.29, 0.717) is 5.15 Å². The summed E-state index contributed by atoms with van der Waals surface area (Å²) in [6.45, 7) is 3.88. The molecule has 1 rings (SSSR count). The zero-order chi connectivity index (χ0) is 8.43. The Morgan fingerprint density at radius 2 is 1.82 bits per heavy atom. The minimum Gasteiger partial charge on any atom is -0.371 e. The third kappa shape index (κ3) is 1.43. The Morgan fingerprint density at radius 3 is 2.36 bits per heavy atom. The van der Waals surface area contributed by atoms with E-state index < -0.39 is 0 Å². The molecule has 0 aliphatic heterocycles. The molecule has 1 aromatic rings. The number of rotatable bonds is 1. The van der Waals surface area contributed by atoms with Crippen LogP contribution in [0.25, 0.3) is 0 Å². The van der Waals surface area contributed by atoms with E-state index in [9.17, 15) is 0 Å². The van der Waals surface area contributed by atoms with Crippen LogP contribution >= 0.6 is 11.6 Å². The average Bonchev–Trinajstić information content (AvgIpc) is 2.01. The lowest BCUT2D eigenvalue weighted by Crippen LogP contribution is -2.00. The first kappa shape index (κ1) is 8.27. The highest BCUT2D eigenvalue weighted by molar-refractivity contribution is 6.30. The molecular formula is C7H10ClN3. The van der Waals surface area contributed by atoms with Crippen molar-refractivity contribution in [2.75, 3.05) is 12.4 Å². The van der Waals surface area contributed by atoms with E-state index in [1.165, 1.54) is 0 Å². The maximum absolute atomic E-state index is 5.74. The third-order valence-corrected chi connectivity index (χ3v) is 2.06. The van der Waals surface area contributed by atoms with Crippen molar-refractivity contribution < 1.29 is 0 Å². The van der Waals surface area contributed by atoms with Crippen LogP contribution in [0, 0.1) is 13.8 Å². The molecule has 0 saturated carbocycles. The van der Waals surface area contributed by atoms with Gasteiger partial charge < -0.3 is 5.32 Å². The van der Waals surface area contributed by atoms with E-state index in [0.717, 1.165) is 16.9 Å². The van der Waals surface area contributed by atoms with Crippen molar-refractivity contribution in [3.8, 4) is 0 Å². The normalized spacial score (nSPS) is 9.82. The van der Waals surface area contributed by atoms with Crippen LogP contribution in [0.2, 0.25) is 5.15 Å². The summed E-state index contributed by atoms with van der Waals surface area (Å²) in [5.74, 6) is 0.784. The van der Waals surface area contributed by atoms with Crippen LogP contribution in [0.5, 0.6) is 0 Å². The van der Waals surface area contributed by atoms with Crippen molar-refractivity contribution in [3.63, 3.8) is 0 Å². The van der Waals surface area contributed by atoms with Gasteiger partial charge in [-0.2, -0.15) is 0 Å². The largest absolute Gasteiger partial charge is 0.371 e. The van der Waals surface area contributed by atoms with Crippen LogP contribution in [-0.4, -0.2) is 17.2 Å². The molecule has 1 heterocycles. The fraction of sp³-hybridized carbons (Fsp3) is 0.429. The first-order valence-corrected chi connectivity index (χ1v) is 3.71. The summed E-state index contributed by atoms with van der Waals surface area (Å²) >= 11 is 5.74. The van der Waals surface area contributed by atoms with Crippen molar-refractivity contribution in [2.24, 2.45) is 0 Å². The first-order chi connectivity index (χ1) is 5.16. The van der Waals surface area contributed by atoms with Gasteiger partial charge in [-0.25, -0.2) is 0 Å². The first-order valence-electron chi connectivity index (χ1n) is 3.34. The maximum atomic E-state index is 5.74. The summed E-state index contributed by atoms with van der Waals surface area (Å²) in [7, 11) is 1.81. The maximum Gasteiger partial charge on any atom is 0.155 e. The lowest BCUT2D eigenvalue weighted by Gasteiger charge is -2.05. The molecule has 0 amide bonds. The van der Waals surface area contributed by atoms with Crippen LogP contribution in [0.4, 0.5) is 5.82 Å². The van der Waals surface area contributed by atoms with Crippen LogP contribution in [0.15, 0.2) is 0 Å². The van der Waals surface area contributed by atoms with E-state index >= 15 is 0 Å². The summed E-state index contributed by atoms with van der Waals surface area (Å²) in [6.07, 6.45) is 0. The number of hydrogen-bond acceptors (Lipinski definition) is 3. The molecule has 0 aromatic carbocycles. The molecule has 1 N–H and O–H groups in total.